The number of nitrogens with zero attached hydrogens (tertiary/aromatic N) is 9. The van der Waals surface area contributed by atoms with E-state index in [1.807, 2.05) is 44.4 Å². The van der Waals surface area contributed by atoms with Gasteiger partial charge in [-0.05, 0) is 103 Å². The summed E-state index contributed by atoms with van der Waals surface area (Å²) in [5.74, 6) is -2.18. The second kappa shape index (κ2) is 19.9. The fourth-order valence-corrected chi connectivity index (χ4v) is 10.5. The Hall–Kier alpha value is -7.59. The number of anilines is 2. The van der Waals surface area contributed by atoms with Crippen molar-refractivity contribution < 1.29 is 43.3 Å². The normalized spacial score (nSPS) is 21.8. The molecule has 1 aliphatic carbocycles. The lowest BCUT2D eigenvalue weighted by atomic mass is 9.86. The number of primary amides is 1. The van der Waals surface area contributed by atoms with Crippen molar-refractivity contribution in [2.45, 2.75) is 117 Å². The largest absolute Gasteiger partial charge is 0.490 e. The number of amides is 4. The van der Waals surface area contributed by atoms with Crippen molar-refractivity contribution in [1.29, 1.82) is 0 Å². The van der Waals surface area contributed by atoms with Gasteiger partial charge in [-0.25, -0.2) is 9.97 Å². The van der Waals surface area contributed by atoms with E-state index < -0.39 is 35.7 Å². The standard InChI is InChI=1S/C50H59N13O9/c1-5-62-38(17-27(3)57-62)46(66)55-49-53-36-19-30(44(51)64)21-40-42(36)60(49)15-7-8-16-61-43-37(54-50(61)56-47(67)39-18-28(4)58-63(39)6-2)20-31(45(65)52-32-11-9-29(10-12-32)48(68)69)22-41(43)71-26-33(25-70-40)59-23-34-13-14-35(24-59)72-34/h7-8,17-22,29,32-35H,5-6,9-16,23-26H2,1-4H3,(H2,51,64)(H,52,65)(H,68,69)(H,53,55,66)(H,54,56,67)/b8-7+/t29-,32-,33?,34?,35?. The fraction of sp³-hybridized carbons (Fsp3) is 0.460. The van der Waals surface area contributed by atoms with Crippen molar-refractivity contribution in [3.63, 3.8) is 0 Å². The Morgan fingerprint density at radius 1 is 0.681 bits per heavy atom. The maximum Gasteiger partial charge on any atom is 0.306 e. The number of hydrogen-bond donors (Lipinski definition) is 5. The molecular formula is C50H59N13O9. The average Bonchev–Trinajstić information content (AvgIpc) is 4.18. The van der Waals surface area contributed by atoms with Crippen molar-refractivity contribution in [2.24, 2.45) is 11.7 Å². The van der Waals surface area contributed by atoms with Crippen LogP contribution in [0.15, 0.2) is 48.6 Å². The number of carbonyl (C=O) groups excluding carboxylic acids is 4. The second-order valence-electron chi connectivity index (χ2n) is 19.0. The van der Waals surface area contributed by atoms with Gasteiger partial charge in [0, 0.05) is 56.4 Å². The molecule has 0 radical (unpaired) electrons. The zero-order valence-corrected chi connectivity index (χ0v) is 40.7. The van der Waals surface area contributed by atoms with Crippen LogP contribution in [-0.4, -0.2) is 129 Å². The highest BCUT2D eigenvalue weighted by molar-refractivity contribution is 6.05. The first kappa shape index (κ1) is 48.1. The van der Waals surface area contributed by atoms with Crippen LogP contribution in [0.25, 0.3) is 22.1 Å². The molecule has 3 unspecified atom stereocenters. The smallest absolute Gasteiger partial charge is 0.306 e. The number of fused-ring (bicyclic) bond motifs is 2. The van der Waals surface area contributed by atoms with Gasteiger partial charge in [-0.1, -0.05) is 12.2 Å². The molecule has 3 atom stereocenters. The molecule has 6 aromatic rings. The molecule has 4 aromatic heterocycles. The number of hydrogen-bond acceptors (Lipinski definition) is 13. The molecule has 2 aromatic carbocycles. The average molecular weight is 986 g/mol. The summed E-state index contributed by atoms with van der Waals surface area (Å²) in [4.78, 5) is 79.0. The Bertz CT molecular complexity index is 3130. The quantitative estimate of drug-likeness (QED) is 0.111. The molecule has 2 saturated heterocycles. The lowest BCUT2D eigenvalue weighted by Crippen LogP contribution is -2.52. The summed E-state index contributed by atoms with van der Waals surface area (Å²) in [7, 11) is 0. The van der Waals surface area contributed by atoms with E-state index in [1.54, 1.807) is 50.3 Å². The number of rotatable bonds is 11. The van der Waals surface area contributed by atoms with Crippen LogP contribution in [0.1, 0.15) is 105 Å². The van der Waals surface area contributed by atoms with Gasteiger partial charge in [0.15, 0.2) is 0 Å². The molecule has 10 rings (SSSR count). The molecule has 1 saturated carbocycles. The molecule has 3 aliphatic heterocycles. The van der Waals surface area contributed by atoms with Gasteiger partial charge in [-0.2, -0.15) is 10.2 Å². The summed E-state index contributed by atoms with van der Waals surface area (Å²) < 4.78 is 26.8. The number of nitrogens with one attached hydrogen (secondary N) is 3. The molecular weight excluding hydrogens is 927 g/mol. The fourth-order valence-electron chi connectivity index (χ4n) is 10.5. The Morgan fingerprint density at radius 3 is 1.67 bits per heavy atom. The van der Waals surface area contributed by atoms with Crippen LogP contribution < -0.4 is 31.2 Å². The number of benzene rings is 2. The lowest BCUT2D eigenvalue weighted by molar-refractivity contribution is -0.142. The van der Waals surface area contributed by atoms with Crippen LogP contribution in [0.5, 0.6) is 11.5 Å². The Balaban J connectivity index is 1.09. The van der Waals surface area contributed by atoms with Crippen LogP contribution in [0.3, 0.4) is 0 Å². The summed E-state index contributed by atoms with van der Waals surface area (Å²) in [5.41, 5.74) is 10.1. The van der Waals surface area contributed by atoms with Crippen molar-refractivity contribution in [2.75, 3.05) is 36.9 Å². The number of carboxylic acids is 1. The van der Waals surface area contributed by atoms with Crippen molar-refractivity contribution >= 4 is 63.6 Å². The van der Waals surface area contributed by atoms with Crippen LogP contribution >= 0.6 is 0 Å². The number of aromatic nitrogens is 8. The Labute approximate surface area is 413 Å². The highest BCUT2D eigenvalue weighted by atomic mass is 16.5. The van der Waals surface area contributed by atoms with Crippen LogP contribution in [0.2, 0.25) is 0 Å². The van der Waals surface area contributed by atoms with Gasteiger partial charge < -0.3 is 39.5 Å². The third kappa shape index (κ3) is 9.62. The minimum atomic E-state index is -0.830. The number of aryl methyl sites for hydroxylation is 4. The highest BCUT2D eigenvalue weighted by Crippen LogP contribution is 2.36. The van der Waals surface area contributed by atoms with Crippen LogP contribution in [0.4, 0.5) is 11.9 Å². The molecule has 6 N–H and O–H groups in total. The van der Waals surface area contributed by atoms with Gasteiger partial charge in [0.2, 0.25) is 17.8 Å². The molecule has 0 spiro atoms. The number of morpholine rings is 1. The number of imidazole rings is 2. The lowest BCUT2D eigenvalue weighted by Gasteiger charge is -2.37. The third-order valence-electron chi connectivity index (χ3n) is 14.1. The van der Waals surface area contributed by atoms with E-state index in [0.717, 1.165) is 12.8 Å². The number of aliphatic carboxylic acids is 1. The number of ether oxygens (including phenoxy) is 3. The van der Waals surface area contributed by atoms with E-state index in [4.69, 9.17) is 29.9 Å². The van der Waals surface area contributed by atoms with Crippen molar-refractivity contribution in [3.8, 4) is 11.5 Å². The SMILES string of the molecule is CCn1nc(C)cc1C(=O)Nc1nc2cc(C(N)=O)cc3c2n1C/C=C/Cn1c(NC(=O)c2cc(C)nn2CC)nc2cc(C(=O)N[C@H]4CC[C@H](C(=O)O)CC4)cc(c21)OCC(N1CC2CCC(C1)O2)CO3. The Morgan fingerprint density at radius 2 is 1.18 bits per heavy atom. The van der Waals surface area contributed by atoms with Gasteiger partial charge in [0.25, 0.3) is 17.7 Å². The summed E-state index contributed by atoms with van der Waals surface area (Å²) in [6, 6.07) is 9.28. The molecule has 4 amide bonds. The molecule has 3 fully saturated rings. The molecule has 72 heavy (non-hydrogen) atoms. The predicted octanol–water partition coefficient (Wildman–Crippen LogP) is 4.67. The van der Waals surface area contributed by atoms with E-state index in [9.17, 15) is 29.1 Å². The van der Waals surface area contributed by atoms with Gasteiger partial charge >= 0.3 is 5.97 Å². The summed E-state index contributed by atoms with van der Waals surface area (Å²) >= 11 is 0. The van der Waals surface area contributed by atoms with Crippen LogP contribution in [0, 0.1) is 19.8 Å². The maximum absolute atomic E-state index is 14.2. The number of likely N-dealkylation sites (tertiary alicyclic amines) is 1. The first-order valence-electron chi connectivity index (χ1n) is 24.7. The number of nitrogens with two attached hydrogens (primary N) is 1. The summed E-state index contributed by atoms with van der Waals surface area (Å²) in [6.45, 7) is 10.0. The zero-order chi connectivity index (χ0) is 50.4. The zero-order valence-electron chi connectivity index (χ0n) is 40.7. The monoisotopic (exact) mass is 985 g/mol. The first-order chi connectivity index (χ1) is 34.7. The van der Waals surface area contributed by atoms with Gasteiger partial charge in [0.1, 0.15) is 47.1 Å². The first-order valence-corrected chi connectivity index (χ1v) is 24.7. The molecule has 7 heterocycles. The highest BCUT2D eigenvalue weighted by Gasteiger charge is 2.38. The second-order valence-corrected chi connectivity index (χ2v) is 19.0. The molecule has 4 aliphatic rings. The van der Waals surface area contributed by atoms with Crippen molar-refractivity contribution in [1.82, 2.24) is 48.9 Å². The van der Waals surface area contributed by atoms with E-state index >= 15 is 0 Å². The number of carboxylic acid groups (broad SMARTS) is 1. The summed E-state index contributed by atoms with van der Waals surface area (Å²) in [5, 5.41) is 27.7. The van der Waals surface area contributed by atoms with Gasteiger partial charge in [0.05, 0.1) is 46.6 Å². The maximum atomic E-state index is 14.2. The number of allylic oxidation sites excluding steroid dienone is 2. The molecule has 22 heteroatoms. The molecule has 378 valence electrons. The van der Waals surface area contributed by atoms with Crippen molar-refractivity contribution in [3.05, 3.63) is 82.5 Å². The van der Waals surface area contributed by atoms with Gasteiger partial charge in [-0.3, -0.25) is 48.9 Å². The summed E-state index contributed by atoms with van der Waals surface area (Å²) in [6.07, 6.45) is 7.58. The van der Waals surface area contributed by atoms with Gasteiger partial charge in [-0.15, -0.1) is 0 Å². The predicted molar refractivity (Wildman–Crippen MR) is 263 cm³/mol. The topological polar surface area (TPSA) is 270 Å². The van der Waals surface area contributed by atoms with E-state index in [-0.39, 0.29) is 73.5 Å². The van der Waals surface area contributed by atoms with E-state index in [2.05, 4.69) is 31.0 Å². The molecule has 22 nitrogen and oxygen atoms in total. The minimum Gasteiger partial charge on any atom is -0.490 e. The van der Waals surface area contributed by atoms with E-state index in [1.165, 1.54) is 0 Å². The Kier molecular flexibility index (Phi) is 13.3. The molecule has 2 bridgehead atoms. The minimum absolute atomic E-state index is 0.0152. The van der Waals surface area contributed by atoms with E-state index in [0.29, 0.717) is 108 Å². The third-order valence-corrected chi connectivity index (χ3v) is 14.1. The number of carbonyl (C=O) groups is 5. The van der Waals surface area contributed by atoms with Crippen LogP contribution in [-0.2, 0) is 35.7 Å².